The van der Waals surface area contributed by atoms with Gasteiger partial charge in [-0.2, -0.15) is 0 Å². The van der Waals surface area contributed by atoms with Crippen molar-refractivity contribution in [1.82, 2.24) is 9.97 Å². The van der Waals surface area contributed by atoms with Gasteiger partial charge in [0.25, 0.3) is 0 Å². The van der Waals surface area contributed by atoms with Crippen LogP contribution in [0.4, 0.5) is 5.95 Å². The van der Waals surface area contributed by atoms with Gasteiger partial charge in [0.15, 0.2) is 0 Å². The highest BCUT2D eigenvalue weighted by atomic mass is 16.1. The molecule has 1 heterocycles. The fourth-order valence-electron chi connectivity index (χ4n) is 1.81. The second kappa shape index (κ2) is 4.60. The first kappa shape index (κ1) is 12.3. The zero-order valence-electron chi connectivity index (χ0n) is 10.5. The first-order valence-corrected chi connectivity index (χ1v) is 5.74. The lowest BCUT2D eigenvalue weighted by Gasteiger charge is -2.24. The molecule has 0 bridgehead atoms. The van der Waals surface area contributed by atoms with Crippen LogP contribution in [-0.4, -0.2) is 21.4 Å². The molecule has 0 aliphatic heterocycles. The summed E-state index contributed by atoms with van der Waals surface area (Å²) in [7, 11) is 0. The van der Waals surface area contributed by atoms with E-state index in [2.05, 4.69) is 15.3 Å². The average Bonchev–Trinajstić information content (AvgIpc) is 2.26. The highest BCUT2D eigenvalue weighted by molar-refractivity contribution is 5.78. The Hall–Kier alpha value is -2.17. The van der Waals surface area contributed by atoms with Gasteiger partial charge in [-0.25, -0.2) is 9.97 Å². The van der Waals surface area contributed by atoms with E-state index in [1.54, 1.807) is 6.20 Å². The minimum absolute atomic E-state index is 0.225. The number of nitrogens with two attached hydrogens (primary N) is 1. The lowest BCUT2D eigenvalue weighted by molar-refractivity contribution is -0.118. The summed E-state index contributed by atoms with van der Waals surface area (Å²) < 4.78 is 0. The summed E-state index contributed by atoms with van der Waals surface area (Å²) in [5, 5.41) is 4.10. The van der Waals surface area contributed by atoms with Crippen molar-refractivity contribution in [2.24, 2.45) is 5.73 Å². The molecule has 0 fully saturated rings. The van der Waals surface area contributed by atoms with Crippen LogP contribution in [-0.2, 0) is 4.79 Å². The van der Waals surface area contributed by atoms with Crippen LogP contribution in [0.3, 0.4) is 0 Å². The molecular formula is C13H16N4O. The van der Waals surface area contributed by atoms with Gasteiger partial charge in [-0.15, -0.1) is 0 Å². The summed E-state index contributed by atoms with van der Waals surface area (Å²) in [6, 6.07) is 7.74. The van der Waals surface area contributed by atoms with Gasteiger partial charge in [0.2, 0.25) is 11.9 Å². The Morgan fingerprint density at radius 3 is 2.83 bits per heavy atom. The summed E-state index contributed by atoms with van der Waals surface area (Å²) in [5.74, 6) is 0.147. The third-order valence-electron chi connectivity index (χ3n) is 2.56. The smallest absolute Gasteiger partial charge is 0.223 e. The molecule has 0 aliphatic rings. The fraction of sp³-hybridized carbons (Fsp3) is 0.308. The molecule has 3 N–H and O–H groups in total. The number of primary amides is 1. The second-order valence-corrected chi connectivity index (χ2v) is 4.90. The summed E-state index contributed by atoms with van der Waals surface area (Å²) in [4.78, 5) is 19.6. The van der Waals surface area contributed by atoms with E-state index in [4.69, 9.17) is 5.73 Å². The molecule has 0 unspecified atom stereocenters. The van der Waals surface area contributed by atoms with E-state index in [0.29, 0.717) is 5.95 Å². The largest absolute Gasteiger partial charge is 0.370 e. The van der Waals surface area contributed by atoms with Gasteiger partial charge in [0.05, 0.1) is 5.52 Å². The second-order valence-electron chi connectivity index (χ2n) is 4.90. The van der Waals surface area contributed by atoms with Crippen LogP contribution >= 0.6 is 0 Å². The standard InChI is InChI=1S/C13H16N4O/c1-13(2,7-11(14)18)17-12-15-8-9-5-3-4-6-10(9)16-12/h3-6,8H,7H2,1-2H3,(H2,14,18)(H,15,16,17). The van der Waals surface area contributed by atoms with E-state index >= 15 is 0 Å². The van der Waals surface area contributed by atoms with Gasteiger partial charge in [0.1, 0.15) is 0 Å². The van der Waals surface area contributed by atoms with Crippen molar-refractivity contribution in [3.63, 3.8) is 0 Å². The molecule has 0 atom stereocenters. The van der Waals surface area contributed by atoms with E-state index in [9.17, 15) is 4.79 Å². The maximum absolute atomic E-state index is 11.0. The SMILES string of the molecule is CC(C)(CC(N)=O)Nc1ncc2ccccc2n1. The number of amides is 1. The molecule has 0 saturated heterocycles. The average molecular weight is 244 g/mol. The molecule has 0 spiro atoms. The highest BCUT2D eigenvalue weighted by Crippen LogP contribution is 2.17. The first-order valence-electron chi connectivity index (χ1n) is 5.74. The predicted octanol–water partition coefficient (Wildman–Crippen LogP) is 1.70. The molecule has 18 heavy (non-hydrogen) atoms. The highest BCUT2D eigenvalue weighted by Gasteiger charge is 2.21. The lowest BCUT2D eigenvalue weighted by atomic mass is 10.0. The van der Waals surface area contributed by atoms with Gasteiger partial charge in [-0.05, 0) is 19.9 Å². The van der Waals surface area contributed by atoms with Crippen molar-refractivity contribution in [3.8, 4) is 0 Å². The summed E-state index contributed by atoms with van der Waals surface area (Å²) in [6.45, 7) is 3.77. The normalized spacial score (nSPS) is 11.4. The maximum Gasteiger partial charge on any atom is 0.223 e. The van der Waals surface area contributed by atoms with Crippen LogP contribution in [0, 0.1) is 0 Å². The number of fused-ring (bicyclic) bond motifs is 1. The number of anilines is 1. The fourth-order valence-corrected chi connectivity index (χ4v) is 1.81. The Balaban J connectivity index is 2.24. The van der Waals surface area contributed by atoms with Crippen molar-refractivity contribution < 1.29 is 4.79 Å². The third-order valence-corrected chi connectivity index (χ3v) is 2.56. The van der Waals surface area contributed by atoms with Crippen molar-refractivity contribution in [2.75, 3.05) is 5.32 Å². The molecule has 2 rings (SSSR count). The van der Waals surface area contributed by atoms with Gasteiger partial charge in [-0.1, -0.05) is 18.2 Å². The number of nitrogens with zero attached hydrogens (tertiary/aromatic N) is 2. The van der Waals surface area contributed by atoms with Crippen molar-refractivity contribution in [3.05, 3.63) is 30.5 Å². The molecule has 0 aliphatic carbocycles. The monoisotopic (exact) mass is 244 g/mol. The van der Waals surface area contributed by atoms with E-state index in [1.807, 2.05) is 38.1 Å². The van der Waals surface area contributed by atoms with Crippen LogP contribution in [0.5, 0.6) is 0 Å². The molecule has 94 valence electrons. The van der Waals surface area contributed by atoms with Gasteiger partial charge in [-0.3, -0.25) is 4.79 Å². The number of rotatable bonds is 4. The molecule has 5 heteroatoms. The Labute approximate surface area is 105 Å². The molecule has 2 aromatic rings. The Kier molecular flexibility index (Phi) is 3.14. The number of hydrogen-bond acceptors (Lipinski definition) is 4. The molecule has 0 saturated carbocycles. The number of hydrogen-bond donors (Lipinski definition) is 2. The molecule has 5 nitrogen and oxygen atoms in total. The van der Waals surface area contributed by atoms with Crippen molar-refractivity contribution >= 4 is 22.8 Å². The quantitative estimate of drug-likeness (QED) is 0.857. The van der Waals surface area contributed by atoms with Crippen LogP contribution in [0.2, 0.25) is 0 Å². The van der Waals surface area contributed by atoms with E-state index in [-0.39, 0.29) is 12.3 Å². The number of nitrogens with one attached hydrogen (secondary N) is 1. The van der Waals surface area contributed by atoms with Crippen LogP contribution < -0.4 is 11.1 Å². The van der Waals surface area contributed by atoms with Crippen molar-refractivity contribution in [1.29, 1.82) is 0 Å². The maximum atomic E-state index is 11.0. The lowest BCUT2D eigenvalue weighted by Crippen LogP contribution is -2.36. The first-order chi connectivity index (χ1) is 8.46. The Morgan fingerprint density at radius 2 is 2.11 bits per heavy atom. The number of para-hydroxylation sites is 1. The number of carbonyl (C=O) groups is 1. The Morgan fingerprint density at radius 1 is 1.39 bits per heavy atom. The van der Waals surface area contributed by atoms with Crippen molar-refractivity contribution in [2.45, 2.75) is 25.8 Å². The van der Waals surface area contributed by atoms with Gasteiger partial charge < -0.3 is 11.1 Å². The number of carbonyl (C=O) groups excluding carboxylic acids is 1. The summed E-state index contributed by atoms with van der Waals surface area (Å²) in [6.07, 6.45) is 1.98. The molecule has 0 radical (unpaired) electrons. The third kappa shape index (κ3) is 2.94. The Bertz CT molecular complexity index is 580. The van der Waals surface area contributed by atoms with Gasteiger partial charge >= 0.3 is 0 Å². The molecular weight excluding hydrogens is 228 g/mol. The van der Waals surface area contributed by atoms with E-state index in [0.717, 1.165) is 10.9 Å². The number of benzene rings is 1. The topological polar surface area (TPSA) is 80.9 Å². The predicted molar refractivity (Wildman–Crippen MR) is 71.1 cm³/mol. The molecule has 1 aromatic heterocycles. The van der Waals surface area contributed by atoms with E-state index in [1.165, 1.54) is 0 Å². The minimum atomic E-state index is -0.464. The summed E-state index contributed by atoms with van der Waals surface area (Å²) >= 11 is 0. The summed E-state index contributed by atoms with van der Waals surface area (Å²) in [5.41, 5.74) is 5.60. The zero-order chi connectivity index (χ0) is 13.2. The molecule has 1 amide bonds. The molecule has 1 aromatic carbocycles. The number of aromatic nitrogens is 2. The van der Waals surface area contributed by atoms with Gasteiger partial charge in [0, 0.05) is 23.5 Å². The minimum Gasteiger partial charge on any atom is -0.370 e. The van der Waals surface area contributed by atoms with Crippen LogP contribution in [0.25, 0.3) is 10.9 Å². The van der Waals surface area contributed by atoms with Crippen LogP contribution in [0.1, 0.15) is 20.3 Å². The van der Waals surface area contributed by atoms with Crippen LogP contribution in [0.15, 0.2) is 30.5 Å². The zero-order valence-corrected chi connectivity index (χ0v) is 10.5. The van der Waals surface area contributed by atoms with E-state index < -0.39 is 5.54 Å².